The Morgan fingerprint density at radius 1 is 1.35 bits per heavy atom. The molecule has 3 N–H and O–H groups in total. The normalized spacial score (nSPS) is 26.5. The van der Waals surface area contributed by atoms with Crippen molar-refractivity contribution in [3.8, 4) is 0 Å². The van der Waals surface area contributed by atoms with Crippen LogP contribution in [0.3, 0.4) is 0 Å². The Kier molecular flexibility index (Phi) is 4.87. The Bertz CT molecular complexity index is 530. The zero-order valence-electron chi connectivity index (χ0n) is 13.8. The highest BCUT2D eigenvalue weighted by Gasteiger charge is 2.35. The van der Waals surface area contributed by atoms with Crippen LogP contribution >= 0.6 is 0 Å². The minimum absolute atomic E-state index is 0.163. The van der Waals surface area contributed by atoms with Crippen molar-refractivity contribution >= 4 is 6.03 Å². The highest BCUT2D eigenvalue weighted by Crippen LogP contribution is 2.30. The topological polar surface area (TPSA) is 64.6 Å². The largest absolute Gasteiger partial charge is 0.388 e. The van der Waals surface area contributed by atoms with E-state index in [1.54, 1.807) is 0 Å². The van der Waals surface area contributed by atoms with Crippen molar-refractivity contribution in [1.29, 1.82) is 0 Å². The average molecular weight is 317 g/mol. The van der Waals surface area contributed by atoms with Gasteiger partial charge >= 0.3 is 6.03 Å². The van der Waals surface area contributed by atoms with Gasteiger partial charge < -0.3 is 15.7 Å². The molecule has 1 heterocycles. The maximum absolute atomic E-state index is 12.0. The van der Waals surface area contributed by atoms with Crippen LogP contribution in [0.1, 0.15) is 38.2 Å². The van der Waals surface area contributed by atoms with Crippen LogP contribution in [-0.4, -0.2) is 46.8 Å². The second-order valence-corrected chi connectivity index (χ2v) is 7.10. The predicted molar refractivity (Wildman–Crippen MR) is 90.1 cm³/mol. The average Bonchev–Trinajstić information content (AvgIpc) is 2.84. The number of amides is 2. The fraction of sp³-hybridized carbons (Fsp3) is 0.611. The van der Waals surface area contributed by atoms with Crippen molar-refractivity contribution < 1.29 is 9.90 Å². The lowest BCUT2D eigenvalue weighted by Gasteiger charge is -2.36. The molecule has 2 aliphatic rings. The standard InChI is InChI=1S/C18H27N3O2/c1-14-10-16(12-21(14)11-15-6-3-2-4-7-15)20-17(22)19-13-18(23)8-5-9-18/h2-4,6-7,14,16,23H,5,8-13H2,1H3,(H2,19,20,22). The van der Waals surface area contributed by atoms with Crippen LogP contribution in [0.2, 0.25) is 0 Å². The fourth-order valence-corrected chi connectivity index (χ4v) is 3.48. The maximum Gasteiger partial charge on any atom is 0.315 e. The van der Waals surface area contributed by atoms with Gasteiger partial charge in [0.15, 0.2) is 0 Å². The van der Waals surface area contributed by atoms with Crippen molar-refractivity contribution in [1.82, 2.24) is 15.5 Å². The summed E-state index contributed by atoms with van der Waals surface area (Å²) in [4.78, 5) is 14.4. The summed E-state index contributed by atoms with van der Waals surface area (Å²) in [6.07, 6.45) is 3.59. The first-order valence-electron chi connectivity index (χ1n) is 8.59. The zero-order chi connectivity index (χ0) is 16.3. The molecule has 5 nitrogen and oxygen atoms in total. The summed E-state index contributed by atoms with van der Waals surface area (Å²) in [5.41, 5.74) is 0.635. The van der Waals surface area contributed by atoms with E-state index in [0.29, 0.717) is 12.6 Å². The summed E-state index contributed by atoms with van der Waals surface area (Å²) in [5.74, 6) is 0. The summed E-state index contributed by atoms with van der Waals surface area (Å²) < 4.78 is 0. The second-order valence-electron chi connectivity index (χ2n) is 7.10. The lowest BCUT2D eigenvalue weighted by Crippen LogP contribution is -2.51. The van der Waals surface area contributed by atoms with E-state index in [0.717, 1.165) is 38.8 Å². The van der Waals surface area contributed by atoms with E-state index in [1.165, 1.54) is 5.56 Å². The number of nitrogens with zero attached hydrogens (tertiary/aromatic N) is 1. The lowest BCUT2D eigenvalue weighted by atomic mass is 9.80. The van der Waals surface area contributed by atoms with Crippen molar-refractivity contribution in [3.63, 3.8) is 0 Å². The summed E-state index contributed by atoms with van der Waals surface area (Å²) in [6, 6.07) is 10.9. The third-order valence-corrected chi connectivity index (χ3v) is 5.13. The van der Waals surface area contributed by atoms with Crippen LogP contribution in [0.4, 0.5) is 4.79 Å². The van der Waals surface area contributed by atoms with Gasteiger partial charge in [0, 0.05) is 31.7 Å². The van der Waals surface area contributed by atoms with Gasteiger partial charge in [0.05, 0.1) is 5.60 Å². The number of hydrogen-bond acceptors (Lipinski definition) is 3. The molecule has 1 saturated carbocycles. The number of nitrogens with one attached hydrogen (secondary N) is 2. The summed E-state index contributed by atoms with van der Waals surface area (Å²) in [5, 5.41) is 15.9. The van der Waals surface area contributed by atoms with E-state index in [9.17, 15) is 9.90 Å². The number of aliphatic hydroxyl groups is 1. The SMILES string of the molecule is CC1CC(NC(=O)NCC2(O)CCC2)CN1Cc1ccccc1. The van der Waals surface area contributed by atoms with Crippen LogP contribution in [-0.2, 0) is 6.54 Å². The van der Waals surface area contributed by atoms with Gasteiger partial charge in [-0.1, -0.05) is 30.3 Å². The molecule has 2 amide bonds. The van der Waals surface area contributed by atoms with E-state index >= 15 is 0 Å². The molecule has 1 aliphatic heterocycles. The Morgan fingerprint density at radius 2 is 2.09 bits per heavy atom. The van der Waals surface area contributed by atoms with E-state index in [1.807, 2.05) is 6.07 Å². The highest BCUT2D eigenvalue weighted by molar-refractivity contribution is 5.74. The Hall–Kier alpha value is -1.59. The van der Waals surface area contributed by atoms with Gasteiger partial charge in [0.25, 0.3) is 0 Å². The van der Waals surface area contributed by atoms with E-state index in [4.69, 9.17) is 0 Å². The van der Waals surface area contributed by atoms with Gasteiger partial charge in [-0.3, -0.25) is 4.90 Å². The number of rotatable bonds is 5. The number of carbonyl (C=O) groups excluding carboxylic acids is 1. The smallest absolute Gasteiger partial charge is 0.315 e. The molecule has 2 atom stereocenters. The molecule has 0 radical (unpaired) electrons. The van der Waals surface area contributed by atoms with E-state index in [-0.39, 0.29) is 12.1 Å². The molecular formula is C18H27N3O2. The molecule has 23 heavy (non-hydrogen) atoms. The number of urea groups is 1. The molecule has 2 fully saturated rings. The van der Waals surface area contributed by atoms with Gasteiger partial charge in [-0.15, -0.1) is 0 Å². The van der Waals surface area contributed by atoms with Gasteiger partial charge in [0.2, 0.25) is 0 Å². The third kappa shape index (κ3) is 4.24. The minimum atomic E-state index is -0.667. The fourth-order valence-electron chi connectivity index (χ4n) is 3.48. The molecular weight excluding hydrogens is 290 g/mol. The van der Waals surface area contributed by atoms with Crippen molar-refractivity contribution in [2.24, 2.45) is 0 Å². The molecule has 3 rings (SSSR count). The third-order valence-electron chi connectivity index (χ3n) is 5.13. The first-order valence-corrected chi connectivity index (χ1v) is 8.59. The van der Waals surface area contributed by atoms with Gasteiger partial charge in [0.1, 0.15) is 0 Å². The molecule has 1 aromatic carbocycles. The molecule has 2 unspecified atom stereocenters. The van der Waals surface area contributed by atoms with Gasteiger partial charge in [-0.25, -0.2) is 4.79 Å². The Labute approximate surface area is 138 Å². The van der Waals surface area contributed by atoms with E-state index < -0.39 is 5.60 Å². The molecule has 0 aromatic heterocycles. The molecule has 0 spiro atoms. The first-order chi connectivity index (χ1) is 11.0. The van der Waals surface area contributed by atoms with Crippen LogP contribution in [0.15, 0.2) is 30.3 Å². The number of hydrogen-bond donors (Lipinski definition) is 3. The maximum atomic E-state index is 12.0. The zero-order valence-corrected chi connectivity index (χ0v) is 13.8. The molecule has 1 aliphatic carbocycles. The molecule has 1 aromatic rings. The summed E-state index contributed by atoms with van der Waals surface area (Å²) in [7, 11) is 0. The number of carbonyl (C=O) groups is 1. The van der Waals surface area contributed by atoms with E-state index in [2.05, 4.69) is 46.7 Å². The lowest BCUT2D eigenvalue weighted by molar-refractivity contribution is -0.0290. The number of benzene rings is 1. The Balaban J connectivity index is 1.43. The van der Waals surface area contributed by atoms with Crippen LogP contribution in [0.25, 0.3) is 0 Å². The first kappa shape index (κ1) is 16.3. The predicted octanol–water partition coefficient (Wildman–Crippen LogP) is 1.86. The monoisotopic (exact) mass is 317 g/mol. The molecule has 0 bridgehead atoms. The molecule has 5 heteroatoms. The molecule has 1 saturated heterocycles. The number of likely N-dealkylation sites (tertiary alicyclic amines) is 1. The van der Waals surface area contributed by atoms with Crippen LogP contribution in [0, 0.1) is 0 Å². The van der Waals surface area contributed by atoms with Gasteiger partial charge in [-0.2, -0.15) is 0 Å². The van der Waals surface area contributed by atoms with Crippen LogP contribution < -0.4 is 10.6 Å². The van der Waals surface area contributed by atoms with Gasteiger partial charge in [-0.05, 0) is 38.2 Å². The van der Waals surface area contributed by atoms with Crippen LogP contribution in [0.5, 0.6) is 0 Å². The highest BCUT2D eigenvalue weighted by atomic mass is 16.3. The summed E-state index contributed by atoms with van der Waals surface area (Å²) in [6.45, 7) is 4.35. The van der Waals surface area contributed by atoms with Crippen molar-refractivity contribution in [3.05, 3.63) is 35.9 Å². The quantitative estimate of drug-likeness (QED) is 0.777. The van der Waals surface area contributed by atoms with Crippen molar-refractivity contribution in [2.45, 2.75) is 56.8 Å². The Morgan fingerprint density at radius 3 is 2.74 bits per heavy atom. The minimum Gasteiger partial charge on any atom is -0.388 e. The summed E-state index contributed by atoms with van der Waals surface area (Å²) >= 11 is 0. The second kappa shape index (κ2) is 6.89. The molecule has 126 valence electrons. The van der Waals surface area contributed by atoms with Crippen molar-refractivity contribution in [2.75, 3.05) is 13.1 Å².